The molecule has 0 bridgehead atoms. The highest BCUT2D eigenvalue weighted by Gasteiger charge is 2.56. The van der Waals surface area contributed by atoms with Gasteiger partial charge in [0.25, 0.3) is 0 Å². The lowest BCUT2D eigenvalue weighted by Crippen LogP contribution is -2.32. The smallest absolute Gasteiger partial charge is 0.224 e. The quantitative estimate of drug-likeness (QED) is 0.893. The summed E-state index contributed by atoms with van der Waals surface area (Å²) in [5, 5.41) is 6.46. The molecule has 2 N–H and O–H groups in total. The van der Waals surface area contributed by atoms with Crippen LogP contribution in [0.25, 0.3) is 5.52 Å². The molecule has 1 aliphatic carbocycles. The first-order valence-corrected chi connectivity index (χ1v) is 7.60. The van der Waals surface area contributed by atoms with Gasteiger partial charge in [-0.1, -0.05) is 6.07 Å². The van der Waals surface area contributed by atoms with Crippen LogP contribution in [0.15, 0.2) is 24.5 Å². The Morgan fingerprint density at radius 1 is 1.48 bits per heavy atom. The molecule has 2 aromatic rings. The minimum atomic E-state index is -0.0731. The van der Waals surface area contributed by atoms with Gasteiger partial charge in [0, 0.05) is 12.1 Å². The van der Waals surface area contributed by atoms with E-state index in [1.54, 1.807) is 0 Å². The Hall–Kier alpha value is -1.88. The summed E-state index contributed by atoms with van der Waals surface area (Å²) in [6.07, 6.45) is 3.88. The summed E-state index contributed by atoms with van der Waals surface area (Å²) in [6.45, 7) is 6.05. The number of amides is 1. The van der Waals surface area contributed by atoms with Crippen molar-refractivity contribution >= 4 is 11.4 Å². The second-order valence-corrected chi connectivity index (χ2v) is 6.30. The average Bonchev–Trinajstić information content (AvgIpc) is 2.84. The fourth-order valence-corrected chi connectivity index (χ4v) is 3.68. The first-order valence-electron chi connectivity index (χ1n) is 7.60. The number of nitrogens with one attached hydrogen (secondary N) is 2. The number of imidazole rings is 1. The predicted octanol–water partition coefficient (Wildman–Crippen LogP) is 1.29. The Kier molecular flexibility index (Phi) is 2.79. The Morgan fingerprint density at radius 3 is 3.00 bits per heavy atom. The molecular formula is C16H20N4O. The predicted molar refractivity (Wildman–Crippen MR) is 79.8 cm³/mol. The van der Waals surface area contributed by atoms with Gasteiger partial charge in [-0.05, 0) is 50.4 Å². The number of hydrogen-bond acceptors (Lipinski definition) is 3. The van der Waals surface area contributed by atoms with Gasteiger partial charge in [-0.25, -0.2) is 4.98 Å². The van der Waals surface area contributed by atoms with E-state index in [4.69, 9.17) is 0 Å². The molecule has 1 aliphatic heterocycles. The van der Waals surface area contributed by atoms with E-state index in [2.05, 4.69) is 33.0 Å². The van der Waals surface area contributed by atoms with E-state index in [0.29, 0.717) is 11.8 Å². The van der Waals surface area contributed by atoms with E-state index in [1.165, 1.54) is 5.56 Å². The molecule has 1 saturated heterocycles. The minimum absolute atomic E-state index is 0.0731. The Balaban J connectivity index is 1.52. The summed E-state index contributed by atoms with van der Waals surface area (Å²) < 4.78 is 2.07. The van der Waals surface area contributed by atoms with Crippen molar-refractivity contribution in [3.8, 4) is 0 Å². The van der Waals surface area contributed by atoms with Gasteiger partial charge in [0.15, 0.2) is 0 Å². The number of rotatable bonds is 3. The van der Waals surface area contributed by atoms with Gasteiger partial charge in [0.1, 0.15) is 5.82 Å². The summed E-state index contributed by atoms with van der Waals surface area (Å²) in [5.41, 5.74) is 2.29. The third-order valence-corrected chi connectivity index (χ3v) is 4.95. The van der Waals surface area contributed by atoms with Crippen LogP contribution in [0, 0.1) is 24.7 Å². The zero-order valence-electron chi connectivity index (χ0n) is 12.3. The van der Waals surface area contributed by atoms with Crippen LogP contribution in [0.3, 0.4) is 0 Å². The fraction of sp³-hybridized carbons (Fsp3) is 0.500. The zero-order valence-corrected chi connectivity index (χ0v) is 12.3. The second-order valence-electron chi connectivity index (χ2n) is 6.30. The molecule has 1 saturated carbocycles. The number of carbonyl (C=O) groups excluding carboxylic acids is 1. The lowest BCUT2D eigenvalue weighted by atomic mass is 10.2. The lowest BCUT2D eigenvalue weighted by molar-refractivity contribution is -0.123. The van der Waals surface area contributed by atoms with Crippen LogP contribution in [-0.4, -0.2) is 28.4 Å². The first kappa shape index (κ1) is 12.8. The highest BCUT2D eigenvalue weighted by atomic mass is 16.2. The van der Waals surface area contributed by atoms with Crippen molar-refractivity contribution in [1.29, 1.82) is 0 Å². The SMILES string of the molecule is Cc1cccn2c(C(C)NC(=O)C3C4CNCC43)ncc12. The van der Waals surface area contributed by atoms with Gasteiger partial charge in [-0.15, -0.1) is 0 Å². The van der Waals surface area contributed by atoms with Crippen LogP contribution in [0.4, 0.5) is 0 Å². The van der Waals surface area contributed by atoms with E-state index in [-0.39, 0.29) is 17.9 Å². The summed E-state index contributed by atoms with van der Waals surface area (Å²) in [6, 6.07) is 4.01. The van der Waals surface area contributed by atoms with Gasteiger partial charge >= 0.3 is 0 Å². The topological polar surface area (TPSA) is 58.4 Å². The van der Waals surface area contributed by atoms with Crippen molar-refractivity contribution < 1.29 is 4.79 Å². The van der Waals surface area contributed by atoms with Gasteiger partial charge in [-0.2, -0.15) is 0 Å². The van der Waals surface area contributed by atoms with Crippen molar-refractivity contribution in [1.82, 2.24) is 20.0 Å². The Morgan fingerprint density at radius 2 is 2.24 bits per heavy atom. The number of carbonyl (C=O) groups is 1. The van der Waals surface area contributed by atoms with Crippen LogP contribution in [0.5, 0.6) is 0 Å². The highest BCUT2D eigenvalue weighted by molar-refractivity contribution is 5.83. The van der Waals surface area contributed by atoms with E-state index < -0.39 is 0 Å². The molecule has 3 heterocycles. The van der Waals surface area contributed by atoms with E-state index in [0.717, 1.165) is 24.4 Å². The molecule has 0 spiro atoms. The summed E-state index contributed by atoms with van der Waals surface area (Å²) >= 11 is 0. The maximum absolute atomic E-state index is 12.4. The molecule has 3 atom stereocenters. The van der Waals surface area contributed by atoms with E-state index >= 15 is 0 Å². The molecule has 21 heavy (non-hydrogen) atoms. The van der Waals surface area contributed by atoms with Crippen LogP contribution in [0.2, 0.25) is 0 Å². The lowest BCUT2D eigenvalue weighted by Gasteiger charge is -2.14. The molecule has 2 aliphatic rings. The number of hydrogen-bond donors (Lipinski definition) is 2. The molecule has 5 nitrogen and oxygen atoms in total. The summed E-state index contributed by atoms with van der Waals surface area (Å²) in [7, 11) is 0. The minimum Gasteiger partial charge on any atom is -0.346 e. The number of fused-ring (bicyclic) bond motifs is 2. The van der Waals surface area contributed by atoms with Crippen LogP contribution >= 0.6 is 0 Å². The number of aryl methyl sites for hydroxylation is 1. The van der Waals surface area contributed by atoms with Crippen LogP contribution in [-0.2, 0) is 4.79 Å². The molecule has 0 radical (unpaired) electrons. The zero-order chi connectivity index (χ0) is 14.6. The van der Waals surface area contributed by atoms with Crippen molar-refractivity contribution in [3.63, 3.8) is 0 Å². The second kappa shape index (κ2) is 4.56. The molecule has 5 heteroatoms. The molecule has 1 amide bonds. The summed E-state index contributed by atoms with van der Waals surface area (Å²) in [4.78, 5) is 16.8. The van der Waals surface area contributed by atoms with Gasteiger partial charge in [0.05, 0.1) is 17.8 Å². The highest BCUT2D eigenvalue weighted by Crippen LogP contribution is 2.48. The fourth-order valence-electron chi connectivity index (χ4n) is 3.68. The maximum atomic E-state index is 12.4. The van der Waals surface area contributed by atoms with E-state index in [9.17, 15) is 4.79 Å². The third-order valence-electron chi connectivity index (χ3n) is 4.95. The number of pyridine rings is 1. The average molecular weight is 284 g/mol. The number of piperidine rings is 1. The van der Waals surface area contributed by atoms with Gasteiger partial charge < -0.3 is 15.0 Å². The summed E-state index contributed by atoms with van der Waals surface area (Å²) in [5.74, 6) is 2.39. The molecular weight excluding hydrogens is 264 g/mol. The van der Waals surface area contributed by atoms with Crippen LogP contribution < -0.4 is 10.6 Å². The molecule has 110 valence electrons. The number of aromatic nitrogens is 2. The van der Waals surface area contributed by atoms with E-state index in [1.807, 2.05) is 25.4 Å². The molecule has 2 fully saturated rings. The van der Waals surface area contributed by atoms with Gasteiger partial charge in [0.2, 0.25) is 5.91 Å². The molecule has 0 aromatic carbocycles. The number of nitrogens with zero attached hydrogens (tertiary/aromatic N) is 2. The van der Waals surface area contributed by atoms with Crippen molar-refractivity contribution in [3.05, 3.63) is 35.9 Å². The van der Waals surface area contributed by atoms with Crippen molar-refractivity contribution in [2.45, 2.75) is 19.9 Å². The Labute approximate surface area is 123 Å². The standard InChI is InChI=1S/C16H20N4O/c1-9-4-3-5-20-13(9)8-18-15(20)10(2)19-16(21)14-11-6-17-7-12(11)14/h3-5,8,10-12,14,17H,6-7H2,1-2H3,(H,19,21). The maximum Gasteiger partial charge on any atom is 0.224 e. The molecule has 2 aromatic heterocycles. The molecule has 4 rings (SSSR count). The van der Waals surface area contributed by atoms with Crippen molar-refractivity contribution in [2.24, 2.45) is 17.8 Å². The van der Waals surface area contributed by atoms with Crippen molar-refractivity contribution in [2.75, 3.05) is 13.1 Å². The largest absolute Gasteiger partial charge is 0.346 e. The molecule has 3 unspecified atom stereocenters. The van der Waals surface area contributed by atoms with Gasteiger partial charge in [-0.3, -0.25) is 4.79 Å². The Bertz CT molecular complexity index is 697. The normalized spacial score (nSPS) is 28.4. The first-order chi connectivity index (χ1) is 10.2. The van der Waals surface area contributed by atoms with Crippen LogP contribution in [0.1, 0.15) is 24.4 Å². The monoisotopic (exact) mass is 284 g/mol. The third kappa shape index (κ3) is 1.95.